The molecule has 34 heavy (non-hydrogen) atoms. The van der Waals surface area contributed by atoms with Crippen LogP contribution in [-0.4, -0.2) is 73.7 Å². The molecule has 0 unspecified atom stereocenters. The van der Waals surface area contributed by atoms with Crippen molar-refractivity contribution in [1.29, 1.82) is 0 Å². The van der Waals surface area contributed by atoms with E-state index < -0.39 is 0 Å². The van der Waals surface area contributed by atoms with Crippen molar-refractivity contribution in [3.63, 3.8) is 0 Å². The summed E-state index contributed by atoms with van der Waals surface area (Å²) in [4.78, 5) is 32.1. The number of benzene rings is 2. The number of rotatable bonds is 8. The Labute approximate surface area is 202 Å². The Morgan fingerprint density at radius 1 is 0.588 bits per heavy atom. The second kappa shape index (κ2) is 10.7. The molecule has 2 aromatic rings. The lowest BCUT2D eigenvalue weighted by Gasteiger charge is -2.28. The quantitative estimate of drug-likeness (QED) is 0.524. The predicted molar refractivity (Wildman–Crippen MR) is 137 cm³/mol. The van der Waals surface area contributed by atoms with Crippen LogP contribution in [0.15, 0.2) is 36.4 Å². The third kappa shape index (κ3) is 4.89. The highest BCUT2D eigenvalue weighted by atomic mass is 16.1. The zero-order chi connectivity index (χ0) is 23.3. The first-order valence-electron chi connectivity index (χ1n) is 13.0. The fourth-order valence-electron chi connectivity index (χ4n) is 5.58. The van der Waals surface area contributed by atoms with E-state index in [1.54, 1.807) is 12.1 Å². The lowest BCUT2D eigenvalue weighted by molar-refractivity contribution is 0.0980. The predicted octanol–water partition coefficient (Wildman–Crippen LogP) is 4.26. The molecule has 2 aliphatic heterocycles. The first-order valence-corrected chi connectivity index (χ1v) is 13.0. The molecule has 0 radical (unpaired) electrons. The molecule has 5 rings (SSSR count). The largest absolute Gasteiger partial charge is 0.383 e. The van der Waals surface area contributed by atoms with Gasteiger partial charge < -0.3 is 20.4 Å². The second-order valence-corrected chi connectivity index (χ2v) is 9.77. The van der Waals surface area contributed by atoms with Gasteiger partial charge in [0.15, 0.2) is 11.6 Å². The smallest absolute Gasteiger partial charge is 0.196 e. The van der Waals surface area contributed by atoms with Crippen molar-refractivity contribution < 1.29 is 9.59 Å². The maximum absolute atomic E-state index is 13.6. The van der Waals surface area contributed by atoms with Crippen LogP contribution in [0.4, 0.5) is 11.4 Å². The van der Waals surface area contributed by atoms with Gasteiger partial charge in [0.05, 0.1) is 11.1 Å². The average Bonchev–Trinajstić information content (AvgIpc) is 2.89. The molecular formula is C28H36N4O2. The van der Waals surface area contributed by atoms with E-state index in [1.165, 1.54) is 38.5 Å². The van der Waals surface area contributed by atoms with Crippen LogP contribution in [0.1, 0.15) is 70.4 Å². The van der Waals surface area contributed by atoms with E-state index in [0.717, 1.165) is 63.7 Å². The zero-order valence-corrected chi connectivity index (χ0v) is 20.1. The van der Waals surface area contributed by atoms with E-state index in [4.69, 9.17) is 0 Å². The molecule has 2 heterocycles. The molecule has 180 valence electrons. The van der Waals surface area contributed by atoms with Crippen LogP contribution >= 0.6 is 0 Å². The SMILES string of the molecule is O=C1c2ccccc2C(=O)c2c(NCCN3CCCCC3)ccc(NCCN3CCCCC3)c21. The molecule has 0 aromatic heterocycles. The van der Waals surface area contributed by atoms with E-state index in [0.29, 0.717) is 22.3 Å². The normalized spacial score (nSPS) is 18.9. The number of piperidine rings is 2. The number of anilines is 2. The third-order valence-corrected chi connectivity index (χ3v) is 7.46. The minimum absolute atomic E-state index is 0.0645. The van der Waals surface area contributed by atoms with E-state index >= 15 is 0 Å². The van der Waals surface area contributed by atoms with Crippen molar-refractivity contribution in [3.05, 3.63) is 58.7 Å². The molecule has 0 bridgehead atoms. The van der Waals surface area contributed by atoms with Gasteiger partial charge in [-0.3, -0.25) is 9.59 Å². The van der Waals surface area contributed by atoms with Gasteiger partial charge in [-0.05, 0) is 64.0 Å². The summed E-state index contributed by atoms with van der Waals surface area (Å²) < 4.78 is 0. The number of ketones is 2. The molecule has 0 amide bonds. The van der Waals surface area contributed by atoms with Gasteiger partial charge in [0, 0.05) is 48.7 Å². The molecule has 2 N–H and O–H groups in total. The summed E-state index contributed by atoms with van der Waals surface area (Å²) in [6.45, 7) is 7.99. The van der Waals surface area contributed by atoms with Crippen LogP contribution in [0, 0.1) is 0 Å². The first kappa shape index (κ1) is 23.1. The van der Waals surface area contributed by atoms with Crippen molar-refractivity contribution in [2.45, 2.75) is 38.5 Å². The first-order chi connectivity index (χ1) is 16.7. The summed E-state index contributed by atoms with van der Waals surface area (Å²) in [5.41, 5.74) is 3.58. The van der Waals surface area contributed by atoms with E-state index in [-0.39, 0.29) is 11.6 Å². The fourth-order valence-corrected chi connectivity index (χ4v) is 5.58. The van der Waals surface area contributed by atoms with Crippen LogP contribution in [0.5, 0.6) is 0 Å². The van der Waals surface area contributed by atoms with Gasteiger partial charge in [0.1, 0.15) is 0 Å². The molecule has 0 spiro atoms. The van der Waals surface area contributed by atoms with Gasteiger partial charge >= 0.3 is 0 Å². The molecule has 6 nitrogen and oxygen atoms in total. The monoisotopic (exact) mass is 460 g/mol. The molecule has 3 aliphatic rings. The zero-order valence-electron chi connectivity index (χ0n) is 20.1. The minimum Gasteiger partial charge on any atom is -0.383 e. The van der Waals surface area contributed by atoms with E-state index in [2.05, 4.69) is 20.4 Å². The Morgan fingerprint density at radius 2 is 1.00 bits per heavy atom. The summed E-state index contributed by atoms with van der Waals surface area (Å²) >= 11 is 0. The van der Waals surface area contributed by atoms with Gasteiger partial charge in [-0.2, -0.15) is 0 Å². The van der Waals surface area contributed by atoms with Crippen LogP contribution in [0.3, 0.4) is 0 Å². The summed E-state index contributed by atoms with van der Waals surface area (Å²) in [6, 6.07) is 11.1. The number of hydrogen-bond acceptors (Lipinski definition) is 6. The van der Waals surface area contributed by atoms with Crippen LogP contribution in [0.2, 0.25) is 0 Å². The highest BCUT2D eigenvalue weighted by Gasteiger charge is 2.33. The van der Waals surface area contributed by atoms with Gasteiger partial charge in [0.25, 0.3) is 0 Å². The molecule has 2 saturated heterocycles. The summed E-state index contributed by atoms with van der Waals surface area (Å²) in [5.74, 6) is -0.129. The van der Waals surface area contributed by atoms with Crippen LogP contribution < -0.4 is 10.6 Å². The Bertz CT molecular complexity index is 957. The van der Waals surface area contributed by atoms with Gasteiger partial charge in [-0.25, -0.2) is 0 Å². The summed E-state index contributed by atoms with van der Waals surface area (Å²) in [7, 11) is 0. The highest BCUT2D eigenvalue weighted by molar-refractivity contribution is 6.31. The Hall–Kier alpha value is -2.70. The number of carbonyl (C=O) groups excluding carboxylic acids is 2. The van der Waals surface area contributed by atoms with E-state index in [1.807, 2.05) is 24.3 Å². The summed E-state index contributed by atoms with van der Waals surface area (Å²) in [6.07, 6.45) is 7.68. The molecule has 6 heteroatoms. The molecule has 0 atom stereocenters. The number of nitrogens with one attached hydrogen (secondary N) is 2. The van der Waals surface area contributed by atoms with Crippen LogP contribution in [-0.2, 0) is 0 Å². The van der Waals surface area contributed by atoms with Gasteiger partial charge in [-0.15, -0.1) is 0 Å². The second-order valence-electron chi connectivity index (χ2n) is 9.77. The standard InChI is InChI=1S/C28H36N4O2/c33-27-21-9-3-4-10-22(21)28(34)26-24(30-14-20-32-17-7-2-8-18-32)12-11-23(25(26)27)29-13-19-31-15-5-1-6-16-31/h3-4,9-12,29-30H,1-2,5-8,13-20H2. The summed E-state index contributed by atoms with van der Waals surface area (Å²) in [5, 5.41) is 6.97. The molecule has 2 fully saturated rings. The maximum atomic E-state index is 13.6. The highest BCUT2D eigenvalue weighted by Crippen LogP contribution is 2.36. The third-order valence-electron chi connectivity index (χ3n) is 7.46. The molecule has 2 aromatic carbocycles. The lowest BCUT2D eigenvalue weighted by atomic mass is 9.82. The average molecular weight is 461 g/mol. The Balaban J connectivity index is 1.37. The number of nitrogens with zero attached hydrogens (tertiary/aromatic N) is 2. The van der Waals surface area contributed by atoms with Gasteiger partial charge in [0.2, 0.25) is 0 Å². The van der Waals surface area contributed by atoms with Crippen molar-refractivity contribution >= 4 is 22.9 Å². The number of likely N-dealkylation sites (tertiary alicyclic amines) is 2. The Morgan fingerprint density at radius 3 is 1.41 bits per heavy atom. The molecule has 1 aliphatic carbocycles. The van der Waals surface area contributed by atoms with Crippen molar-refractivity contribution in [2.75, 3.05) is 63.0 Å². The van der Waals surface area contributed by atoms with Gasteiger partial charge in [-0.1, -0.05) is 37.1 Å². The van der Waals surface area contributed by atoms with Crippen LogP contribution in [0.25, 0.3) is 0 Å². The van der Waals surface area contributed by atoms with Crippen molar-refractivity contribution in [3.8, 4) is 0 Å². The molecular weight excluding hydrogens is 424 g/mol. The van der Waals surface area contributed by atoms with E-state index in [9.17, 15) is 9.59 Å². The Kier molecular flexibility index (Phi) is 7.26. The number of carbonyl (C=O) groups is 2. The number of fused-ring (bicyclic) bond motifs is 2. The van der Waals surface area contributed by atoms with Crippen molar-refractivity contribution in [1.82, 2.24) is 9.80 Å². The molecule has 0 saturated carbocycles. The number of hydrogen-bond donors (Lipinski definition) is 2. The minimum atomic E-state index is -0.0645. The lowest BCUT2D eigenvalue weighted by Crippen LogP contribution is -2.34. The fraction of sp³-hybridized carbons (Fsp3) is 0.500. The topological polar surface area (TPSA) is 64.7 Å². The maximum Gasteiger partial charge on any atom is 0.196 e. The van der Waals surface area contributed by atoms with Crippen molar-refractivity contribution in [2.24, 2.45) is 0 Å².